The van der Waals surface area contributed by atoms with Crippen LogP contribution in [0.2, 0.25) is 0 Å². The Labute approximate surface area is 126 Å². The Hall–Kier alpha value is -2.34. The van der Waals surface area contributed by atoms with Gasteiger partial charge in [0.2, 0.25) is 0 Å². The molecule has 1 amide bonds. The number of aliphatic carboxylic acids is 1. The van der Waals surface area contributed by atoms with Gasteiger partial charge in [0.1, 0.15) is 16.7 Å². The van der Waals surface area contributed by atoms with Crippen LogP contribution in [0.3, 0.4) is 0 Å². The largest absolute Gasteiger partial charge is 0.495 e. The van der Waals surface area contributed by atoms with Crippen molar-refractivity contribution in [2.45, 2.75) is 12.5 Å². The number of hydrogen-bond acceptors (Lipinski definition) is 4. The van der Waals surface area contributed by atoms with Crippen molar-refractivity contribution in [1.29, 1.82) is 0 Å². The Balaban J connectivity index is 2.10. The van der Waals surface area contributed by atoms with Gasteiger partial charge in [0.25, 0.3) is 5.91 Å². The van der Waals surface area contributed by atoms with Crippen LogP contribution in [-0.2, 0) is 11.2 Å². The summed E-state index contributed by atoms with van der Waals surface area (Å²) in [6.07, 6.45) is 0.232. The molecule has 5 nitrogen and oxygen atoms in total. The molecule has 0 aliphatic rings. The van der Waals surface area contributed by atoms with Crippen LogP contribution in [0, 0.1) is 0 Å². The standard InChI is InChI=1S/C15H15NO4S/c1-20-12-7-8-21-13(12)14(17)16-11(15(18)19)9-10-5-3-2-4-6-10/h2-8,11H,9H2,1H3,(H,16,17)(H,18,19)/t11-/m1/s1. The predicted molar refractivity (Wildman–Crippen MR) is 79.9 cm³/mol. The van der Waals surface area contributed by atoms with Gasteiger partial charge in [0.05, 0.1) is 7.11 Å². The first-order valence-electron chi connectivity index (χ1n) is 6.31. The molecule has 0 spiro atoms. The number of ether oxygens (including phenoxy) is 1. The van der Waals surface area contributed by atoms with E-state index in [0.717, 1.165) is 5.56 Å². The highest BCUT2D eigenvalue weighted by atomic mass is 32.1. The first-order valence-corrected chi connectivity index (χ1v) is 7.19. The van der Waals surface area contributed by atoms with E-state index in [-0.39, 0.29) is 6.42 Å². The van der Waals surface area contributed by atoms with Crippen molar-refractivity contribution in [2.75, 3.05) is 7.11 Å². The molecule has 1 aromatic heterocycles. The maximum atomic E-state index is 12.1. The molecule has 6 heteroatoms. The van der Waals surface area contributed by atoms with Crippen molar-refractivity contribution in [3.8, 4) is 5.75 Å². The first kappa shape index (κ1) is 15.1. The molecular formula is C15H15NO4S. The Morgan fingerprint density at radius 3 is 2.62 bits per heavy atom. The Bertz CT molecular complexity index is 624. The topological polar surface area (TPSA) is 75.6 Å². The number of benzene rings is 1. The summed E-state index contributed by atoms with van der Waals surface area (Å²) in [5.74, 6) is -1.06. The minimum atomic E-state index is -1.07. The Morgan fingerprint density at radius 2 is 2.00 bits per heavy atom. The van der Waals surface area contributed by atoms with Gasteiger partial charge in [-0.3, -0.25) is 4.79 Å². The van der Waals surface area contributed by atoms with Crippen LogP contribution < -0.4 is 10.1 Å². The molecular weight excluding hydrogens is 290 g/mol. The molecule has 21 heavy (non-hydrogen) atoms. The third kappa shape index (κ3) is 3.82. The summed E-state index contributed by atoms with van der Waals surface area (Å²) >= 11 is 1.21. The number of carbonyl (C=O) groups excluding carboxylic acids is 1. The highest BCUT2D eigenvalue weighted by Crippen LogP contribution is 2.24. The molecule has 0 bridgehead atoms. The lowest BCUT2D eigenvalue weighted by atomic mass is 10.1. The van der Waals surface area contributed by atoms with E-state index in [1.165, 1.54) is 18.4 Å². The fourth-order valence-electron chi connectivity index (χ4n) is 1.90. The SMILES string of the molecule is COc1ccsc1C(=O)N[C@H](Cc1ccccc1)C(=O)O. The van der Waals surface area contributed by atoms with E-state index in [1.54, 1.807) is 11.4 Å². The van der Waals surface area contributed by atoms with Gasteiger partial charge in [-0.05, 0) is 17.0 Å². The third-order valence-electron chi connectivity index (χ3n) is 2.94. The average Bonchev–Trinajstić information content (AvgIpc) is 2.96. The molecule has 2 N–H and O–H groups in total. The quantitative estimate of drug-likeness (QED) is 0.857. The number of carboxylic acids is 1. The molecule has 0 saturated heterocycles. The van der Waals surface area contributed by atoms with E-state index in [4.69, 9.17) is 4.74 Å². The number of nitrogens with one attached hydrogen (secondary N) is 1. The molecule has 1 atom stereocenters. The number of thiophene rings is 1. The molecule has 0 saturated carbocycles. The molecule has 2 rings (SSSR count). The van der Waals surface area contributed by atoms with E-state index in [9.17, 15) is 14.7 Å². The van der Waals surface area contributed by atoms with Crippen LogP contribution in [0.1, 0.15) is 15.2 Å². The maximum Gasteiger partial charge on any atom is 0.326 e. The molecule has 0 radical (unpaired) electrons. The van der Waals surface area contributed by atoms with Crippen LogP contribution in [-0.4, -0.2) is 30.1 Å². The van der Waals surface area contributed by atoms with Gasteiger partial charge in [0.15, 0.2) is 0 Å². The maximum absolute atomic E-state index is 12.1. The first-order chi connectivity index (χ1) is 10.1. The zero-order valence-corrected chi connectivity index (χ0v) is 12.2. The van der Waals surface area contributed by atoms with Crippen molar-refractivity contribution >= 4 is 23.2 Å². The third-order valence-corrected chi connectivity index (χ3v) is 3.84. The molecule has 110 valence electrons. The van der Waals surface area contributed by atoms with E-state index in [1.807, 2.05) is 30.3 Å². The fourth-order valence-corrected chi connectivity index (χ4v) is 2.66. The zero-order chi connectivity index (χ0) is 15.2. The lowest BCUT2D eigenvalue weighted by Gasteiger charge is -2.14. The molecule has 1 heterocycles. The van der Waals surface area contributed by atoms with Gasteiger partial charge in [-0.1, -0.05) is 30.3 Å². The molecule has 1 aromatic carbocycles. The smallest absolute Gasteiger partial charge is 0.326 e. The molecule has 0 aliphatic carbocycles. The van der Waals surface area contributed by atoms with Crippen LogP contribution in [0.15, 0.2) is 41.8 Å². The van der Waals surface area contributed by atoms with E-state index in [2.05, 4.69) is 5.32 Å². The van der Waals surface area contributed by atoms with Gasteiger partial charge in [-0.15, -0.1) is 11.3 Å². The molecule has 0 aliphatic heterocycles. The summed E-state index contributed by atoms with van der Waals surface area (Å²) in [7, 11) is 1.47. The summed E-state index contributed by atoms with van der Waals surface area (Å²) in [5, 5.41) is 13.5. The number of hydrogen-bond donors (Lipinski definition) is 2. The second-order valence-corrected chi connectivity index (χ2v) is 5.29. The van der Waals surface area contributed by atoms with E-state index in [0.29, 0.717) is 10.6 Å². The normalized spacial score (nSPS) is 11.7. The van der Waals surface area contributed by atoms with Crippen molar-refractivity contribution < 1.29 is 19.4 Å². The Morgan fingerprint density at radius 1 is 1.29 bits per heavy atom. The molecule has 2 aromatic rings. The van der Waals surface area contributed by atoms with Gasteiger partial charge < -0.3 is 15.2 Å². The fraction of sp³-hybridized carbons (Fsp3) is 0.200. The summed E-state index contributed by atoms with van der Waals surface area (Å²) in [6, 6.07) is 9.87. The number of carboxylic acid groups (broad SMARTS) is 1. The monoisotopic (exact) mass is 305 g/mol. The summed E-state index contributed by atoms with van der Waals surface area (Å²) in [5.41, 5.74) is 0.850. The number of carbonyl (C=O) groups is 2. The van der Waals surface area contributed by atoms with Gasteiger partial charge in [-0.2, -0.15) is 0 Å². The molecule has 0 unspecified atom stereocenters. The van der Waals surface area contributed by atoms with Gasteiger partial charge in [-0.25, -0.2) is 4.79 Å². The van der Waals surface area contributed by atoms with E-state index >= 15 is 0 Å². The minimum absolute atomic E-state index is 0.232. The zero-order valence-electron chi connectivity index (χ0n) is 11.4. The summed E-state index contributed by atoms with van der Waals surface area (Å²) in [6.45, 7) is 0. The lowest BCUT2D eigenvalue weighted by Crippen LogP contribution is -2.42. The second kappa shape index (κ2) is 6.90. The van der Waals surface area contributed by atoms with Crippen molar-refractivity contribution in [1.82, 2.24) is 5.32 Å². The number of amides is 1. The molecule has 0 fully saturated rings. The predicted octanol–water partition coefficient (Wildman–Crippen LogP) is 2.18. The van der Waals surface area contributed by atoms with Crippen molar-refractivity contribution in [3.63, 3.8) is 0 Å². The highest BCUT2D eigenvalue weighted by Gasteiger charge is 2.23. The van der Waals surface area contributed by atoms with E-state index < -0.39 is 17.9 Å². The van der Waals surface area contributed by atoms with Crippen molar-refractivity contribution in [2.24, 2.45) is 0 Å². The van der Waals surface area contributed by atoms with Crippen LogP contribution in [0.5, 0.6) is 5.75 Å². The highest BCUT2D eigenvalue weighted by molar-refractivity contribution is 7.12. The summed E-state index contributed by atoms with van der Waals surface area (Å²) in [4.78, 5) is 23.8. The number of methoxy groups -OCH3 is 1. The van der Waals surface area contributed by atoms with Crippen LogP contribution in [0.25, 0.3) is 0 Å². The van der Waals surface area contributed by atoms with Crippen molar-refractivity contribution in [3.05, 3.63) is 52.2 Å². The lowest BCUT2D eigenvalue weighted by molar-refractivity contribution is -0.139. The van der Waals surface area contributed by atoms with Gasteiger partial charge in [0, 0.05) is 6.42 Å². The van der Waals surface area contributed by atoms with Crippen LogP contribution in [0.4, 0.5) is 0 Å². The number of rotatable bonds is 6. The van der Waals surface area contributed by atoms with Crippen LogP contribution >= 0.6 is 11.3 Å². The van der Waals surface area contributed by atoms with Gasteiger partial charge >= 0.3 is 5.97 Å². The summed E-state index contributed by atoms with van der Waals surface area (Å²) < 4.78 is 5.07. The minimum Gasteiger partial charge on any atom is -0.495 e. The second-order valence-electron chi connectivity index (χ2n) is 4.37. The Kier molecular flexibility index (Phi) is 4.94. The average molecular weight is 305 g/mol.